The number of pyridine rings is 1. The van der Waals surface area contributed by atoms with Crippen molar-refractivity contribution in [3.05, 3.63) is 59.4 Å². The first-order chi connectivity index (χ1) is 20.2. The molecule has 42 heavy (non-hydrogen) atoms. The third-order valence-corrected chi connectivity index (χ3v) is 9.37. The molecule has 5 atom stereocenters. The van der Waals surface area contributed by atoms with Crippen molar-refractivity contribution in [2.24, 2.45) is 11.3 Å². The van der Waals surface area contributed by atoms with Gasteiger partial charge in [0.15, 0.2) is 0 Å². The number of benzene rings is 1. The van der Waals surface area contributed by atoms with Crippen molar-refractivity contribution in [3.8, 4) is 0 Å². The van der Waals surface area contributed by atoms with Gasteiger partial charge >= 0.3 is 12.2 Å². The van der Waals surface area contributed by atoms with E-state index in [-0.39, 0.29) is 43.1 Å². The molecule has 4 aliphatic rings. The number of hydrogen-bond acceptors (Lipinski definition) is 6. The van der Waals surface area contributed by atoms with E-state index < -0.39 is 23.3 Å². The monoisotopic (exact) mass is 587 g/mol. The molecule has 3 aliphatic heterocycles. The molecule has 12 heteroatoms. The number of ether oxygens (including phenoxy) is 2. The summed E-state index contributed by atoms with van der Waals surface area (Å²) in [7, 11) is 1.64. The molecular weight excluding hydrogens is 551 g/mol. The number of likely N-dealkylation sites (tertiary alicyclic amines) is 1. The average Bonchev–Trinajstić information content (AvgIpc) is 3.55. The molecule has 1 saturated carbocycles. The highest BCUT2D eigenvalue weighted by Gasteiger charge is 2.61. The number of methoxy groups -OCH3 is 1. The maximum absolute atomic E-state index is 14.4. The van der Waals surface area contributed by atoms with Gasteiger partial charge in [0.1, 0.15) is 0 Å². The highest BCUT2D eigenvalue weighted by atomic mass is 19.4. The van der Waals surface area contributed by atoms with E-state index in [9.17, 15) is 22.8 Å². The molecule has 1 aromatic carbocycles. The first-order valence-electron chi connectivity index (χ1n) is 14.5. The number of amides is 3. The number of alkyl halides is 3. The number of urea groups is 1. The molecule has 2 N–H and O–H groups in total. The molecule has 0 spiro atoms. The number of hydrogen-bond donors (Lipinski definition) is 2. The summed E-state index contributed by atoms with van der Waals surface area (Å²) in [4.78, 5) is 35.7. The largest absolute Gasteiger partial charge is 0.417 e. The molecule has 3 amide bonds. The minimum absolute atomic E-state index is 0.0685. The molecule has 226 valence electrons. The maximum Gasteiger partial charge on any atom is 0.417 e. The van der Waals surface area contributed by atoms with Crippen LogP contribution in [0.4, 0.5) is 23.7 Å². The van der Waals surface area contributed by atoms with E-state index in [1.165, 1.54) is 0 Å². The summed E-state index contributed by atoms with van der Waals surface area (Å²) in [6.07, 6.45) is -0.985. The SMILES string of the molecule is CO[C@@H]1COCC[C@@H]1NC1C2CCCC2(C(=O)N2CCc3ncc(C(F)(F)F)cc3C2)CN1C(=O)Nc1ccccc1. The fourth-order valence-electron chi connectivity index (χ4n) is 7.25. The van der Waals surface area contributed by atoms with Gasteiger partial charge in [-0.2, -0.15) is 13.2 Å². The van der Waals surface area contributed by atoms with Crippen molar-refractivity contribution in [1.29, 1.82) is 0 Å². The summed E-state index contributed by atoms with van der Waals surface area (Å²) in [6.45, 7) is 1.67. The van der Waals surface area contributed by atoms with Gasteiger partial charge in [-0.1, -0.05) is 24.6 Å². The lowest BCUT2D eigenvalue weighted by molar-refractivity contribution is -0.144. The number of carbonyl (C=O) groups excluding carboxylic acids is 2. The van der Waals surface area contributed by atoms with E-state index in [0.717, 1.165) is 25.1 Å². The van der Waals surface area contributed by atoms with Crippen molar-refractivity contribution >= 4 is 17.6 Å². The van der Waals surface area contributed by atoms with Gasteiger partial charge in [0.25, 0.3) is 0 Å². The Hall–Kier alpha value is -3.22. The third kappa shape index (κ3) is 5.35. The van der Waals surface area contributed by atoms with Crippen LogP contribution in [0.1, 0.15) is 42.5 Å². The molecule has 3 fully saturated rings. The second-order valence-corrected chi connectivity index (χ2v) is 11.7. The number of halogens is 3. The van der Waals surface area contributed by atoms with Crippen LogP contribution in [-0.4, -0.2) is 78.4 Å². The number of para-hydroxylation sites is 1. The minimum Gasteiger partial charge on any atom is -0.379 e. The lowest BCUT2D eigenvalue weighted by Gasteiger charge is -2.38. The molecule has 6 rings (SSSR count). The van der Waals surface area contributed by atoms with Crippen LogP contribution >= 0.6 is 0 Å². The molecular formula is C30H36F3N5O4. The summed E-state index contributed by atoms with van der Waals surface area (Å²) in [5, 5.41) is 6.67. The normalized spacial score (nSPS) is 29.2. The Morgan fingerprint density at radius 3 is 2.76 bits per heavy atom. The molecule has 9 nitrogen and oxygen atoms in total. The number of nitrogens with one attached hydrogen (secondary N) is 2. The fourth-order valence-corrected chi connectivity index (χ4v) is 7.25. The van der Waals surface area contributed by atoms with E-state index in [0.29, 0.717) is 56.0 Å². The molecule has 2 aromatic rings. The van der Waals surface area contributed by atoms with Crippen molar-refractivity contribution in [1.82, 2.24) is 20.1 Å². The van der Waals surface area contributed by atoms with Gasteiger partial charge in [0.2, 0.25) is 5.91 Å². The van der Waals surface area contributed by atoms with Gasteiger partial charge in [-0.05, 0) is 43.0 Å². The molecule has 2 saturated heterocycles. The Kier molecular flexibility index (Phi) is 7.88. The molecule has 1 aliphatic carbocycles. The van der Waals surface area contributed by atoms with E-state index in [2.05, 4.69) is 15.6 Å². The number of carbonyl (C=O) groups is 2. The number of anilines is 1. The first-order valence-corrected chi connectivity index (χ1v) is 14.5. The molecule has 0 bridgehead atoms. The van der Waals surface area contributed by atoms with Crippen LogP contribution in [0.5, 0.6) is 0 Å². The topological polar surface area (TPSA) is 96.0 Å². The average molecular weight is 588 g/mol. The standard InChI is InChI=1S/C30H36F3N5O4/c1-41-25-17-42-13-10-24(25)36-26-22-8-5-11-29(22,18-38(26)28(40)35-21-6-3-2-4-7-21)27(39)37-12-9-23-19(16-37)14-20(15-34-23)30(31,32)33/h2-4,6-7,14-15,22,24-26,36H,5,8-13,16-18H2,1H3,(H,35,40)/t22?,24-,25+,26?,29?/m0/s1. The maximum atomic E-state index is 14.4. The molecule has 1 aromatic heterocycles. The van der Waals surface area contributed by atoms with Crippen molar-refractivity contribution in [3.63, 3.8) is 0 Å². The van der Waals surface area contributed by atoms with Gasteiger partial charge < -0.3 is 24.6 Å². The predicted molar refractivity (Wildman–Crippen MR) is 147 cm³/mol. The summed E-state index contributed by atoms with van der Waals surface area (Å²) >= 11 is 0. The van der Waals surface area contributed by atoms with Crippen LogP contribution in [0.2, 0.25) is 0 Å². The van der Waals surface area contributed by atoms with E-state index in [4.69, 9.17) is 9.47 Å². The first kappa shape index (κ1) is 28.9. The Morgan fingerprint density at radius 1 is 1.19 bits per heavy atom. The Morgan fingerprint density at radius 2 is 2.00 bits per heavy atom. The summed E-state index contributed by atoms with van der Waals surface area (Å²) < 4.78 is 51.5. The lowest BCUT2D eigenvalue weighted by atomic mass is 9.77. The van der Waals surface area contributed by atoms with Crippen LogP contribution in [0.25, 0.3) is 0 Å². The van der Waals surface area contributed by atoms with Crippen LogP contribution in [0.3, 0.4) is 0 Å². The highest BCUT2D eigenvalue weighted by Crippen LogP contribution is 2.53. The number of nitrogens with zero attached hydrogens (tertiary/aromatic N) is 3. The van der Waals surface area contributed by atoms with Gasteiger partial charge in [-0.25, -0.2) is 4.79 Å². The molecule has 3 unspecified atom stereocenters. The molecule has 0 radical (unpaired) electrons. The van der Waals surface area contributed by atoms with Crippen LogP contribution in [-0.2, 0) is 33.4 Å². The lowest BCUT2D eigenvalue weighted by Crippen LogP contribution is -2.57. The minimum atomic E-state index is -4.51. The zero-order valence-electron chi connectivity index (χ0n) is 23.5. The Balaban J connectivity index is 1.29. The molecule has 4 heterocycles. The van der Waals surface area contributed by atoms with E-state index in [1.54, 1.807) is 16.9 Å². The summed E-state index contributed by atoms with van der Waals surface area (Å²) in [5.74, 6) is -0.266. The summed E-state index contributed by atoms with van der Waals surface area (Å²) in [6, 6.07) is 9.91. The number of aromatic nitrogens is 1. The van der Waals surface area contributed by atoms with Gasteiger partial charge in [0.05, 0.1) is 29.9 Å². The van der Waals surface area contributed by atoms with E-state index >= 15 is 0 Å². The zero-order valence-corrected chi connectivity index (χ0v) is 23.5. The zero-order chi connectivity index (χ0) is 29.5. The predicted octanol–water partition coefficient (Wildman–Crippen LogP) is 4.04. The van der Waals surface area contributed by atoms with Crippen molar-refractivity contribution in [2.75, 3.05) is 38.7 Å². The number of fused-ring (bicyclic) bond motifs is 2. The number of rotatable bonds is 5. The second kappa shape index (κ2) is 11.5. The van der Waals surface area contributed by atoms with Crippen LogP contribution < -0.4 is 10.6 Å². The third-order valence-electron chi connectivity index (χ3n) is 9.37. The quantitative estimate of drug-likeness (QED) is 0.549. The van der Waals surface area contributed by atoms with Gasteiger partial charge in [-0.3, -0.25) is 15.1 Å². The van der Waals surface area contributed by atoms with E-state index in [1.807, 2.05) is 30.3 Å². The van der Waals surface area contributed by atoms with Gasteiger partial charge in [-0.15, -0.1) is 0 Å². The summed E-state index contributed by atoms with van der Waals surface area (Å²) in [5.41, 5.74) is 0.0106. The van der Waals surface area contributed by atoms with Gasteiger partial charge in [0, 0.05) is 69.3 Å². The fraction of sp³-hybridized carbons (Fsp3) is 0.567. The van der Waals surface area contributed by atoms with Crippen LogP contribution in [0, 0.1) is 11.3 Å². The highest BCUT2D eigenvalue weighted by molar-refractivity contribution is 5.92. The second-order valence-electron chi connectivity index (χ2n) is 11.7. The van der Waals surface area contributed by atoms with Crippen LogP contribution in [0.15, 0.2) is 42.6 Å². The van der Waals surface area contributed by atoms with Crippen molar-refractivity contribution < 1.29 is 32.2 Å². The smallest absolute Gasteiger partial charge is 0.379 e. The Labute approximate surface area is 242 Å². The Bertz CT molecular complexity index is 1310. The van der Waals surface area contributed by atoms with Crippen molar-refractivity contribution in [2.45, 2.75) is 63.1 Å².